The minimum Gasteiger partial charge on any atom is -0.435 e. The van der Waals surface area contributed by atoms with Gasteiger partial charge in [0, 0.05) is 11.0 Å². The number of anilines is 1. The van der Waals surface area contributed by atoms with E-state index < -0.39 is 12.4 Å². The van der Waals surface area contributed by atoms with E-state index in [1.807, 2.05) is 0 Å². The van der Waals surface area contributed by atoms with Gasteiger partial charge in [-0.1, -0.05) is 23.7 Å². The molecular weight excluding hydrogens is 371 g/mol. The molecule has 2 aromatic rings. The van der Waals surface area contributed by atoms with E-state index in [1.165, 1.54) is 24.3 Å². The van der Waals surface area contributed by atoms with Gasteiger partial charge in [-0.2, -0.15) is 8.78 Å². The van der Waals surface area contributed by atoms with Crippen molar-refractivity contribution in [2.75, 3.05) is 5.32 Å². The van der Waals surface area contributed by atoms with Crippen molar-refractivity contribution in [1.82, 2.24) is 0 Å². The van der Waals surface area contributed by atoms with E-state index in [0.29, 0.717) is 16.7 Å². The predicted octanol–water partition coefficient (Wildman–Crippen LogP) is 5.46. The molecule has 112 valence electrons. The molecule has 0 unspecified atom stereocenters. The summed E-state index contributed by atoms with van der Waals surface area (Å²) in [5.74, 6) is -0.347. The van der Waals surface area contributed by atoms with Gasteiger partial charge in [-0.15, -0.1) is 0 Å². The lowest BCUT2D eigenvalue weighted by Crippen LogP contribution is -2.03. The lowest BCUT2D eigenvalue weighted by Gasteiger charge is -2.11. The van der Waals surface area contributed by atoms with Crippen molar-refractivity contribution in [2.24, 2.45) is 0 Å². The summed E-state index contributed by atoms with van der Waals surface area (Å²) in [6.07, 6.45) is 0. The molecule has 0 bridgehead atoms. The van der Waals surface area contributed by atoms with Crippen LogP contribution in [0, 0.1) is 5.82 Å². The van der Waals surface area contributed by atoms with E-state index in [-0.39, 0.29) is 10.8 Å². The fourth-order valence-corrected chi connectivity index (χ4v) is 2.65. The Hall–Kier alpha value is -1.40. The van der Waals surface area contributed by atoms with Crippen LogP contribution in [-0.4, -0.2) is 6.61 Å². The predicted molar refractivity (Wildman–Crippen MR) is 79.5 cm³/mol. The van der Waals surface area contributed by atoms with E-state index in [4.69, 9.17) is 11.6 Å². The number of ether oxygens (including phenoxy) is 1. The van der Waals surface area contributed by atoms with Gasteiger partial charge in [-0.3, -0.25) is 0 Å². The maximum absolute atomic E-state index is 13.1. The van der Waals surface area contributed by atoms with Gasteiger partial charge in [-0.25, -0.2) is 4.39 Å². The van der Waals surface area contributed by atoms with E-state index in [2.05, 4.69) is 26.0 Å². The number of hydrogen-bond acceptors (Lipinski definition) is 2. The van der Waals surface area contributed by atoms with Gasteiger partial charge >= 0.3 is 6.61 Å². The van der Waals surface area contributed by atoms with Crippen LogP contribution in [0.3, 0.4) is 0 Å². The van der Waals surface area contributed by atoms with E-state index in [1.54, 1.807) is 12.1 Å². The summed E-state index contributed by atoms with van der Waals surface area (Å²) in [5.41, 5.74) is 1.40. The molecule has 2 rings (SSSR count). The van der Waals surface area contributed by atoms with Crippen molar-refractivity contribution < 1.29 is 17.9 Å². The monoisotopic (exact) mass is 379 g/mol. The first kappa shape index (κ1) is 16.0. The maximum Gasteiger partial charge on any atom is 0.387 e. The van der Waals surface area contributed by atoms with Crippen LogP contribution in [0.1, 0.15) is 5.56 Å². The second-order valence-corrected chi connectivity index (χ2v) is 5.38. The number of rotatable bonds is 5. The number of benzene rings is 2. The van der Waals surface area contributed by atoms with Crippen molar-refractivity contribution in [3.63, 3.8) is 0 Å². The third-order valence-electron chi connectivity index (χ3n) is 2.62. The largest absolute Gasteiger partial charge is 0.435 e. The summed E-state index contributed by atoms with van der Waals surface area (Å²) in [4.78, 5) is 0. The molecule has 0 heterocycles. The fraction of sp³-hybridized carbons (Fsp3) is 0.143. The highest BCUT2D eigenvalue weighted by Crippen LogP contribution is 2.32. The molecular formula is C14H10BrClF3NO. The van der Waals surface area contributed by atoms with Gasteiger partial charge in [0.05, 0.1) is 10.7 Å². The lowest BCUT2D eigenvalue weighted by atomic mass is 10.2. The molecule has 0 radical (unpaired) electrons. The average molecular weight is 381 g/mol. The van der Waals surface area contributed by atoms with Crippen LogP contribution in [0.15, 0.2) is 40.9 Å². The SMILES string of the molecule is Fc1cc(Cl)c(NCc2ccc(OC(F)F)cc2)c(Br)c1. The maximum atomic E-state index is 13.1. The Bertz CT molecular complexity index is 599. The molecule has 0 saturated carbocycles. The van der Waals surface area contributed by atoms with Gasteiger partial charge in [0.25, 0.3) is 0 Å². The third-order valence-corrected chi connectivity index (χ3v) is 3.55. The minimum atomic E-state index is -2.84. The molecule has 0 saturated heterocycles. The molecule has 0 aromatic heterocycles. The number of alkyl halides is 2. The smallest absolute Gasteiger partial charge is 0.387 e. The first-order chi connectivity index (χ1) is 9.95. The van der Waals surface area contributed by atoms with E-state index >= 15 is 0 Å². The van der Waals surface area contributed by atoms with Crippen molar-refractivity contribution in [3.05, 3.63) is 57.3 Å². The molecule has 0 aliphatic heterocycles. The quantitative estimate of drug-likeness (QED) is 0.744. The second kappa shape index (κ2) is 7.04. The van der Waals surface area contributed by atoms with Crippen LogP contribution in [0.2, 0.25) is 5.02 Å². The van der Waals surface area contributed by atoms with Crippen LogP contribution in [0.4, 0.5) is 18.9 Å². The Balaban J connectivity index is 2.03. The van der Waals surface area contributed by atoms with Gasteiger partial charge in [0.1, 0.15) is 11.6 Å². The summed E-state index contributed by atoms with van der Waals surface area (Å²) in [5, 5.41) is 3.30. The zero-order chi connectivity index (χ0) is 15.4. The minimum absolute atomic E-state index is 0.0924. The summed E-state index contributed by atoms with van der Waals surface area (Å²) in [6, 6.07) is 8.70. The highest BCUT2D eigenvalue weighted by atomic mass is 79.9. The standard InChI is InChI=1S/C14H10BrClF3NO/c15-11-5-9(17)6-12(16)13(11)20-7-8-1-3-10(4-2-8)21-14(18)19/h1-6,14,20H,7H2. The van der Waals surface area contributed by atoms with Crippen molar-refractivity contribution in [2.45, 2.75) is 13.2 Å². The summed E-state index contributed by atoms with van der Waals surface area (Å²) in [7, 11) is 0. The Labute approximate surface area is 133 Å². The van der Waals surface area contributed by atoms with Crippen molar-refractivity contribution in [3.8, 4) is 5.75 Å². The molecule has 0 atom stereocenters. The second-order valence-electron chi connectivity index (χ2n) is 4.12. The zero-order valence-electron chi connectivity index (χ0n) is 10.5. The summed E-state index contributed by atoms with van der Waals surface area (Å²) >= 11 is 9.17. The molecule has 2 aromatic carbocycles. The summed E-state index contributed by atoms with van der Waals surface area (Å²) in [6.45, 7) is -2.44. The number of halogens is 5. The Morgan fingerprint density at radius 3 is 2.43 bits per heavy atom. The summed E-state index contributed by atoms with van der Waals surface area (Å²) < 4.78 is 41.9. The van der Waals surface area contributed by atoms with Gasteiger partial charge in [0.2, 0.25) is 0 Å². The van der Waals surface area contributed by atoms with Gasteiger partial charge in [0.15, 0.2) is 0 Å². The molecule has 0 aliphatic carbocycles. The van der Waals surface area contributed by atoms with Crippen LogP contribution in [0.5, 0.6) is 5.75 Å². The van der Waals surface area contributed by atoms with E-state index in [9.17, 15) is 13.2 Å². The fourth-order valence-electron chi connectivity index (χ4n) is 1.69. The highest BCUT2D eigenvalue weighted by molar-refractivity contribution is 9.10. The number of nitrogens with one attached hydrogen (secondary N) is 1. The molecule has 0 aliphatic rings. The van der Waals surface area contributed by atoms with Crippen LogP contribution in [0.25, 0.3) is 0 Å². The average Bonchev–Trinajstić information content (AvgIpc) is 2.38. The van der Waals surface area contributed by atoms with Crippen LogP contribution in [-0.2, 0) is 6.54 Å². The Morgan fingerprint density at radius 1 is 1.19 bits per heavy atom. The van der Waals surface area contributed by atoms with Crippen LogP contribution < -0.4 is 10.1 Å². The molecule has 0 spiro atoms. The van der Waals surface area contributed by atoms with Crippen LogP contribution >= 0.6 is 27.5 Å². The first-order valence-corrected chi connectivity index (χ1v) is 7.05. The Morgan fingerprint density at radius 2 is 1.86 bits per heavy atom. The molecule has 21 heavy (non-hydrogen) atoms. The highest BCUT2D eigenvalue weighted by Gasteiger charge is 2.08. The lowest BCUT2D eigenvalue weighted by molar-refractivity contribution is -0.0498. The molecule has 0 fully saturated rings. The normalized spacial score (nSPS) is 10.8. The molecule has 0 amide bonds. The molecule has 7 heteroatoms. The molecule has 1 N–H and O–H groups in total. The topological polar surface area (TPSA) is 21.3 Å². The van der Waals surface area contributed by atoms with Gasteiger partial charge in [-0.05, 0) is 45.8 Å². The van der Waals surface area contributed by atoms with Gasteiger partial charge < -0.3 is 10.1 Å². The first-order valence-electron chi connectivity index (χ1n) is 5.88. The molecule has 2 nitrogen and oxygen atoms in total. The number of hydrogen-bond donors (Lipinski definition) is 1. The third kappa shape index (κ3) is 4.54. The van der Waals surface area contributed by atoms with E-state index in [0.717, 1.165) is 5.56 Å². The van der Waals surface area contributed by atoms with Crippen molar-refractivity contribution >= 4 is 33.2 Å². The van der Waals surface area contributed by atoms with Crippen molar-refractivity contribution in [1.29, 1.82) is 0 Å². The zero-order valence-corrected chi connectivity index (χ0v) is 12.9. The Kier molecular flexibility index (Phi) is 5.36.